The van der Waals surface area contributed by atoms with Gasteiger partial charge in [0.15, 0.2) is 5.78 Å². The standard InChI is InChI=1S/C10H11BrF5NO2/c11-4-6(18)8(2-1-3-8)5-17-7(19)9(12,13)10(14,15)16/h1-5H2,(H,17,19). The Morgan fingerprint density at radius 1 is 1.16 bits per heavy atom. The van der Waals surface area contributed by atoms with Crippen LogP contribution in [0.4, 0.5) is 22.0 Å². The molecule has 1 rings (SSSR count). The fourth-order valence-electron chi connectivity index (χ4n) is 1.79. The van der Waals surface area contributed by atoms with Crippen molar-refractivity contribution >= 4 is 27.6 Å². The van der Waals surface area contributed by atoms with Gasteiger partial charge in [0, 0.05) is 12.0 Å². The van der Waals surface area contributed by atoms with Crippen molar-refractivity contribution in [2.24, 2.45) is 5.41 Å². The highest BCUT2D eigenvalue weighted by Gasteiger charge is 2.63. The van der Waals surface area contributed by atoms with Crippen molar-refractivity contribution < 1.29 is 31.5 Å². The Kier molecular flexibility index (Phi) is 4.58. The first-order valence-corrected chi connectivity index (χ1v) is 6.51. The van der Waals surface area contributed by atoms with Crippen molar-refractivity contribution in [2.45, 2.75) is 31.4 Å². The summed E-state index contributed by atoms with van der Waals surface area (Å²) in [5.74, 6) is -8.18. The Bertz CT molecular complexity index is 379. The third kappa shape index (κ3) is 3.06. The van der Waals surface area contributed by atoms with E-state index in [4.69, 9.17) is 0 Å². The molecule has 110 valence electrons. The molecule has 0 aromatic heterocycles. The molecule has 0 saturated heterocycles. The van der Waals surface area contributed by atoms with Gasteiger partial charge in [-0.2, -0.15) is 22.0 Å². The molecule has 1 fully saturated rings. The third-order valence-electron chi connectivity index (χ3n) is 3.25. The minimum Gasteiger partial charge on any atom is -0.350 e. The fraction of sp³-hybridized carbons (Fsp3) is 0.800. The van der Waals surface area contributed by atoms with E-state index in [1.54, 1.807) is 0 Å². The van der Waals surface area contributed by atoms with E-state index in [-0.39, 0.29) is 11.1 Å². The maximum atomic E-state index is 12.7. The minimum absolute atomic E-state index is 0.0292. The quantitative estimate of drug-likeness (QED) is 0.610. The number of amides is 1. The fourth-order valence-corrected chi connectivity index (χ4v) is 2.38. The van der Waals surface area contributed by atoms with Crippen molar-refractivity contribution in [2.75, 3.05) is 11.9 Å². The zero-order valence-corrected chi connectivity index (χ0v) is 11.2. The van der Waals surface area contributed by atoms with Gasteiger partial charge in [0.25, 0.3) is 5.91 Å². The second-order valence-electron chi connectivity index (χ2n) is 4.45. The van der Waals surface area contributed by atoms with Gasteiger partial charge < -0.3 is 5.32 Å². The Balaban J connectivity index is 2.67. The van der Waals surface area contributed by atoms with Crippen LogP contribution in [0.15, 0.2) is 0 Å². The average molecular weight is 352 g/mol. The highest BCUT2D eigenvalue weighted by molar-refractivity contribution is 9.09. The molecule has 0 unspecified atom stereocenters. The zero-order chi connectivity index (χ0) is 14.9. The summed E-state index contributed by atoms with van der Waals surface area (Å²) >= 11 is 2.91. The number of halogens is 6. The van der Waals surface area contributed by atoms with Gasteiger partial charge >= 0.3 is 12.1 Å². The van der Waals surface area contributed by atoms with Crippen LogP contribution in [0.3, 0.4) is 0 Å². The summed E-state index contributed by atoms with van der Waals surface area (Å²) in [5, 5.41) is 1.51. The van der Waals surface area contributed by atoms with E-state index in [1.165, 1.54) is 5.32 Å². The number of hydrogen-bond donors (Lipinski definition) is 1. The molecular formula is C10H11BrF5NO2. The molecule has 19 heavy (non-hydrogen) atoms. The molecular weight excluding hydrogens is 341 g/mol. The van der Waals surface area contributed by atoms with Gasteiger partial charge in [-0.05, 0) is 12.8 Å². The van der Waals surface area contributed by atoms with E-state index >= 15 is 0 Å². The maximum absolute atomic E-state index is 12.7. The van der Waals surface area contributed by atoms with Crippen molar-refractivity contribution in [3.8, 4) is 0 Å². The Morgan fingerprint density at radius 3 is 2.00 bits per heavy atom. The average Bonchev–Trinajstić information content (AvgIpc) is 2.25. The minimum atomic E-state index is -5.94. The van der Waals surface area contributed by atoms with Crippen molar-refractivity contribution in [1.82, 2.24) is 5.32 Å². The predicted molar refractivity (Wildman–Crippen MR) is 59.1 cm³/mol. The van der Waals surface area contributed by atoms with E-state index in [0.717, 1.165) is 0 Å². The summed E-state index contributed by atoms with van der Waals surface area (Å²) in [7, 11) is 0. The van der Waals surface area contributed by atoms with E-state index < -0.39 is 30.0 Å². The Morgan fingerprint density at radius 2 is 1.68 bits per heavy atom. The van der Waals surface area contributed by atoms with Gasteiger partial charge in [-0.15, -0.1) is 0 Å². The van der Waals surface area contributed by atoms with Gasteiger partial charge in [0.1, 0.15) is 0 Å². The van der Waals surface area contributed by atoms with E-state index in [2.05, 4.69) is 15.9 Å². The lowest BCUT2D eigenvalue weighted by Gasteiger charge is -2.40. The molecule has 0 aromatic carbocycles. The van der Waals surface area contributed by atoms with Crippen LogP contribution in [0.1, 0.15) is 19.3 Å². The molecule has 0 spiro atoms. The lowest BCUT2D eigenvalue weighted by molar-refractivity contribution is -0.269. The van der Waals surface area contributed by atoms with Gasteiger partial charge in [-0.1, -0.05) is 22.4 Å². The van der Waals surface area contributed by atoms with Gasteiger partial charge in [-0.3, -0.25) is 9.59 Å². The Labute approximate surface area is 114 Å². The first-order valence-electron chi connectivity index (χ1n) is 5.39. The van der Waals surface area contributed by atoms with Crippen molar-refractivity contribution in [3.63, 3.8) is 0 Å². The number of carbonyl (C=O) groups excluding carboxylic acids is 2. The summed E-state index contributed by atoms with van der Waals surface area (Å²) in [5.41, 5.74) is -1.01. The van der Waals surface area contributed by atoms with E-state index in [1.807, 2.05) is 0 Å². The van der Waals surface area contributed by atoms with Gasteiger partial charge in [0.05, 0.1) is 5.33 Å². The molecule has 3 nitrogen and oxygen atoms in total. The van der Waals surface area contributed by atoms with Crippen LogP contribution in [0.25, 0.3) is 0 Å². The van der Waals surface area contributed by atoms with Crippen LogP contribution in [0.2, 0.25) is 0 Å². The Hall–Kier alpha value is -0.730. The molecule has 0 atom stereocenters. The number of alkyl halides is 6. The molecule has 1 aliphatic rings. The number of ketones is 1. The normalized spacial score (nSPS) is 18.6. The number of Topliss-reactive ketones (excluding diaryl/α,β-unsaturated/α-hetero) is 1. The van der Waals surface area contributed by atoms with Crippen LogP contribution in [-0.2, 0) is 9.59 Å². The van der Waals surface area contributed by atoms with E-state index in [0.29, 0.717) is 19.3 Å². The summed E-state index contributed by atoms with van der Waals surface area (Å²) in [6, 6.07) is 0. The van der Waals surface area contributed by atoms with Gasteiger partial charge in [0.2, 0.25) is 0 Å². The van der Waals surface area contributed by atoms with Crippen LogP contribution < -0.4 is 5.32 Å². The molecule has 0 aromatic rings. The second-order valence-corrected chi connectivity index (χ2v) is 5.01. The number of nitrogens with one attached hydrogen (secondary N) is 1. The van der Waals surface area contributed by atoms with Crippen LogP contribution in [0.5, 0.6) is 0 Å². The largest absolute Gasteiger partial charge is 0.463 e. The summed E-state index contributed by atoms with van der Waals surface area (Å²) in [6.07, 6.45) is -4.53. The molecule has 1 amide bonds. The maximum Gasteiger partial charge on any atom is 0.463 e. The molecule has 1 aliphatic carbocycles. The monoisotopic (exact) mass is 351 g/mol. The lowest BCUT2D eigenvalue weighted by atomic mass is 9.66. The zero-order valence-electron chi connectivity index (χ0n) is 9.62. The first-order chi connectivity index (χ1) is 8.57. The summed E-state index contributed by atoms with van der Waals surface area (Å²) < 4.78 is 61.2. The molecule has 1 saturated carbocycles. The highest BCUT2D eigenvalue weighted by atomic mass is 79.9. The lowest BCUT2D eigenvalue weighted by Crippen LogP contribution is -2.55. The smallest absolute Gasteiger partial charge is 0.350 e. The molecule has 0 radical (unpaired) electrons. The van der Waals surface area contributed by atoms with Crippen LogP contribution in [0, 0.1) is 5.41 Å². The third-order valence-corrected chi connectivity index (χ3v) is 3.76. The summed E-state index contributed by atoms with van der Waals surface area (Å²) in [6.45, 7) is -0.498. The highest BCUT2D eigenvalue weighted by Crippen LogP contribution is 2.42. The van der Waals surface area contributed by atoms with Crippen LogP contribution in [-0.4, -0.2) is 35.7 Å². The SMILES string of the molecule is O=C(CBr)C1(CNC(=O)C(F)(F)C(F)(F)F)CCC1. The molecule has 0 heterocycles. The number of rotatable bonds is 5. The van der Waals surface area contributed by atoms with Crippen LogP contribution >= 0.6 is 15.9 Å². The number of carbonyl (C=O) groups is 2. The molecule has 0 aliphatic heterocycles. The number of hydrogen-bond acceptors (Lipinski definition) is 2. The molecule has 0 bridgehead atoms. The molecule has 9 heteroatoms. The van der Waals surface area contributed by atoms with Crippen molar-refractivity contribution in [3.05, 3.63) is 0 Å². The first kappa shape index (κ1) is 16.3. The molecule has 1 N–H and O–H groups in total. The van der Waals surface area contributed by atoms with Crippen molar-refractivity contribution in [1.29, 1.82) is 0 Å². The second kappa shape index (κ2) is 5.34. The summed E-state index contributed by atoms with van der Waals surface area (Å²) in [4.78, 5) is 22.5. The van der Waals surface area contributed by atoms with E-state index in [9.17, 15) is 31.5 Å². The van der Waals surface area contributed by atoms with Gasteiger partial charge in [-0.25, -0.2) is 0 Å². The predicted octanol–water partition coefficient (Wildman–Crippen LogP) is 2.43. The topological polar surface area (TPSA) is 46.2 Å².